The van der Waals surface area contributed by atoms with E-state index in [0.717, 1.165) is 48.5 Å². The Bertz CT molecular complexity index is 4480. The molecule has 16 heteroatoms. The van der Waals surface area contributed by atoms with Crippen molar-refractivity contribution in [3.63, 3.8) is 0 Å². The molecule has 0 spiro atoms. The van der Waals surface area contributed by atoms with Gasteiger partial charge >= 0.3 is 24.7 Å². The number of hydrogen-bond acceptors (Lipinski definition) is 1. The molecule has 0 aliphatic carbocycles. The van der Waals surface area contributed by atoms with Gasteiger partial charge in [0.1, 0.15) is 5.82 Å². The average Bonchev–Trinajstić information content (AvgIpc) is 1.86. The van der Waals surface area contributed by atoms with Crippen LogP contribution in [0.1, 0.15) is 44.5 Å². The van der Waals surface area contributed by atoms with Gasteiger partial charge in [0.2, 0.25) is 0 Å². The molecule has 0 saturated heterocycles. The molecular formula is C68H42F12N4. The Kier molecular flexibility index (Phi) is 12.9. The fourth-order valence-corrected chi connectivity index (χ4v) is 11.4. The molecule has 3 heterocycles. The molecule has 0 N–H and O–H groups in total. The van der Waals surface area contributed by atoms with Crippen molar-refractivity contribution in [2.75, 3.05) is 0 Å². The van der Waals surface area contributed by atoms with Crippen LogP contribution in [0.4, 0.5) is 58.4 Å². The summed E-state index contributed by atoms with van der Waals surface area (Å²) in [6, 6.07) is 44.3. The van der Waals surface area contributed by atoms with E-state index >= 15 is 0 Å². The highest BCUT2D eigenvalue weighted by Gasteiger charge is 2.34. The van der Waals surface area contributed by atoms with Crippen LogP contribution >= 0.6 is 0 Å². The number of alkyl halides is 12. The normalized spacial score (nSPS) is 12.5. The van der Waals surface area contributed by atoms with Crippen LogP contribution in [0.25, 0.3) is 116 Å². The summed E-state index contributed by atoms with van der Waals surface area (Å²) in [6.07, 6.45) is -17.0. The number of nitrogens with zero attached hydrogens (tertiary/aromatic N) is 4. The highest BCUT2D eigenvalue weighted by molar-refractivity contribution is 6.13. The maximum absolute atomic E-state index is 14.3. The first-order chi connectivity index (χ1) is 39.7. The van der Waals surface area contributed by atoms with Gasteiger partial charge in [0.25, 0.3) is 0 Å². The van der Waals surface area contributed by atoms with Crippen molar-refractivity contribution in [2.24, 2.45) is 0 Å². The second kappa shape index (κ2) is 19.8. The minimum Gasteiger partial charge on any atom is -0.307 e. The van der Waals surface area contributed by atoms with Crippen LogP contribution in [0.3, 0.4) is 0 Å². The van der Waals surface area contributed by atoms with E-state index in [1.165, 1.54) is 0 Å². The standard InChI is InChI=1S/C68H42F12N4/c1-36-18-45(26-49(22-36)65(69,70)71)41-8-14-59-55(30-41)56-31-42(46-19-37(2)23-50(27-46)66(72,73)74)9-15-60(56)83(59)63-35-82-64(34-54(63)40-6-12-53(81-5)13-7-40)84-61-16-10-43(47-20-38(3)24-51(28-47)67(75,76)77)32-57(61)58-33-44(11-17-62(58)84)48-21-39(4)25-52(29-48)68(78,79)80/h6-35H,1-4H3. The molecule has 0 saturated carbocycles. The number of rotatable bonds is 7. The first kappa shape index (κ1) is 54.9. The number of hydrogen-bond donors (Lipinski definition) is 0. The van der Waals surface area contributed by atoms with Gasteiger partial charge in [-0.05, 0) is 203 Å². The fraction of sp³-hybridized carbons (Fsp3) is 0.118. The molecule has 0 aliphatic rings. The van der Waals surface area contributed by atoms with Crippen molar-refractivity contribution in [1.82, 2.24) is 14.1 Å². The number of aryl methyl sites for hydroxylation is 4. The van der Waals surface area contributed by atoms with Crippen molar-refractivity contribution in [3.05, 3.63) is 238 Å². The molecule has 0 fully saturated rings. The second-order valence-corrected chi connectivity index (χ2v) is 21.2. The fourth-order valence-electron chi connectivity index (χ4n) is 11.4. The summed E-state index contributed by atoms with van der Waals surface area (Å²) >= 11 is 0. The molecule has 0 unspecified atom stereocenters. The second-order valence-electron chi connectivity index (χ2n) is 21.2. The van der Waals surface area contributed by atoms with Gasteiger partial charge < -0.3 is 4.57 Å². The maximum atomic E-state index is 14.3. The first-order valence-corrected chi connectivity index (χ1v) is 26.1. The molecule has 4 nitrogen and oxygen atoms in total. The Morgan fingerprint density at radius 2 is 0.631 bits per heavy atom. The number of fused-ring (bicyclic) bond motifs is 6. The highest BCUT2D eigenvalue weighted by atomic mass is 19.4. The zero-order valence-electron chi connectivity index (χ0n) is 44.6. The van der Waals surface area contributed by atoms with Crippen LogP contribution in [0.15, 0.2) is 182 Å². The maximum Gasteiger partial charge on any atom is 0.416 e. The molecule has 418 valence electrons. The molecule has 0 atom stereocenters. The third-order valence-corrected chi connectivity index (χ3v) is 15.1. The number of benzene rings is 9. The van der Waals surface area contributed by atoms with Crippen molar-refractivity contribution in [1.29, 1.82) is 0 Å². The summed E-state index contributed by atoms with van der Waals surface area (Å²) in [6.45, 7) is 14.0. The lowest BCUT2D eigenvalue weighted by molar-refractivity contribution is -0.138. The molecule has 0 amide bonds. The van der Waals surface area contributed by atoms with E-state index in [2.05, 4.69) is 4.85 Å². The van der Waals surface area contributed by atoms with Crippen LogP contribution in [-0.2, 0) is 24.7 Å². The average molecular weight is 1140 g/mol. The molecule has 12 aromatic rings. The van der Waals surface area contributed by atoms with Gasteiger partial charge in [-0.2, -0.15) is 52.7 Å². The van der Waals surface area contributed by atoms with Crippen molar-refractivity contribution in [3.8, 4) is 67.1 Å². The summed E-state index contributed by atoms with van der Waals surface area (Å²) in [5.74, 6) is 0.332. The summed E-state index contributed by atoms with van der Waals surface area (Å²) in [7, 11) is 0. The topological polar surface area (TPSA) is 27.1 Å². The number of halogens is 12. The van der Waals surface area contributed by atoms with E-state index in [0.29, 0.717) is 116 Å². The zero-order chi connectivity index (χ0) is 59.5. The molecular weight excluding hydrogens is 1100 g/mol. The summed E-state index contributed by atoms with van der Waals surface area (Å²) in [4.78, 5) is 8.71. The first-order valence-electron chi connectivity index (χ1n) is 26.1. The lowest BCUT2D eigenvalue weighted by Crippen LogP contribution is -2.05. The quantitative estimate of drug-likeness (QED) is 0.115. The number of pyridine rings is 1. The molecule has 0 bridgehead atoms. The summed E-state index contributed by atoms with van der Waals surface area (Å²) < 4.78 is 175. The van der Waals surface area contributed by atoms with Crippen LogP contribution in [0, 0.1) is 34.3 Å². The third kappa shape index (κ3) is 10.1. The van der Waals surface area contributed by atoms with Gasteiger partial charge in [0.05, 0.1) is 62.8 Å². The SMILES string of the molecule is [C-]#[N+]c1ccc(-c2cc(-n3c4ccc(-c5cc(C)cc(C(F)(F)F)c5)cc4c4cc(-c5cc(C)cc(C(F)(F)F)c5)ccc43)ncc2-n2c3ccc(-c4cc(C)cc(C(F)(F)F)c4)cc3c3cc(-c4cc(C)cc(C(F)(F)F)c4)ccc32)cc1. The van der Waals surface area contributed by atoms with Gasteiger partial charge in [-0.1, -0.05) is 72.8 Å². The molecule has 0 radical (unpaired) electrons. The predicted molar refractivity (Wildman–Crippen MR) is 305 cm³/mol. The molecule has 0 aliphatic heterocycles. The Balaban J connectivity index is 1.12. The van der Waals surface area contributed by atoms with Crippen molar-refractivity contribution < 1.29 is 52.7 Å². The minimum absolute atomic E-state index is 0.279. The van der Waals surface area contributed by atoms with Crippen LogP contribution < -0.4 is 0 Å². The number of aromatic nitrogens is 3. The highest BCUT2D eigenvalue weighted by Crippen LogP contribution is 2.45. The molecule has 3 aromatic heterocycles. The van der Waals surface area contributed by atoms with Gasteiger partial charge in [0.15, 0.2) is 5.69 Å². The summed E-state index contributed by atoms with van der Waals surface area (Å²) in [5.41, 5.74) is 5.09. The Morgan fingerprint density at radius 1 is 0.333 bits per heavy atom. The Hall–Kier alpha value is -9.62. The van der Waals surface area contributed by atoms with Gasteiger partial charge in [0, 0.05) is 27.1 Å². The van der Waals surface area contributed by atoms with Crippen LogP contribution in [0.5, 0.6) is 0 Å². The van der Waals surface area contributed by atoms with E-state index in [-0.39, 0.29) is 22.3 Å². The lowest BCUT2D eigenvalue weighted by atomic mass is 9.96. The summed E-state index contributed by atoms with van der Waals surface area (Å²) in [5, 5.41) is 2.17. The van der Waals surface area contributed by atoms with Crippen LogP contribution in [-0.4, -0.2) is 14.1 Å². The zero-order valence-corrected chi connectivity index (χ0v) is 44.6. The van der Waals surface area contributed by atoms with Crippen LogP contribution in [0.2, 0.25) is 0 Å². The minimum atomic E-state index is -4.65. The van der Waals surface area contributed by atoms with Crippen molar-refractivity contribution >= 4 is 49.3 Å². The lowest BCUT2D eigenvalue weighted by Gasteiger charge is -2.17. The van der Waals surface area contributed by atoms with E-state index in [1.54, 1.807) is 155 Å². The van der Waals surface area contributed by atoms with Gasteiger partial charge in [-0.3, -0.25) is 4.57 Å². The third-order valence-electron chi connectivity index (χ3n) is 15.1. The van der Waals surface area contributed by atoms with E-state index in [9.17, 15) is 52.7 Å². The van der Waals surface area contributed by atoms with Gasteiger partial charge in [-0.25, -0.2) is 9.83 Å². The van der Waals surface area contributed by atoms with E-state index in [4.69, 9.17) is 11.6 Å². The van der Waals surface area contributed by atoms with E-state index in [1.807, 2.05) is 15.2 Å². The van der Waals surface area contributed by atoms with Crippen molar-refractivity contribution in [2.45, 2.75) is 52.4 Å². The largest absolute Gasteiger partial charge is 0.416 e. The van der Waals surface area contributed by atoms with E-state index < -0.39 is 47.0 Å². The van der Waals surface area contributed by atoms with Gasteiger partial charge in [-0.15, -0.1) is 0 Å². The smallest absolute Gasteiger partial charge is 0.307 e. The molecule has 84 heavy (non-hydrogen) atoms. The Morgan fingerprint density at radius 3 is 0.929 bits per heavy atom. The Labute approximate surface area is 471 Å². The predicted octanol–water partition coefficient (Wildman–Crippen LogP) is 21.5. The molecule has 12 rings (SSSR count). The molecule has 9 aromatic carbocycles. The monoisotopic (exact) mass is 1140 g/mol.